The van der Waals surface area contributed by atoms with E-state index in [1.54, 1.807) is 25.1 Å². The van der Waals surface area contributed by atoms with E-state index < -0.39 is 39.9 Å². The van der Waals surface area contributed by atoms with Gasteiger partial charge in [-0.05, 0) is 75.6 Å². The van der Waals surface area contributed by atoms with Crippen LogP contribution in [0.1, 0.15) is 45.2 Å². The molecule has 1 N–H and O–H groups in total. The van der Waals surface area contributed by atoms with E-state index in [1.807, 2.05) is 27.7 Å². The maximum Gasteiger partial charge on any atom is 0.244 e. The van der Waals surface area contributed by atoms with Crippen LogP contribution < -0.4 is 9.62 Å². The normalized spacial score (nSPS) is 12.7. The Morgan fingerprint density at radius 1 is 1.11 bits per heavy atom. The van der Waals surface area contributed by atoms with Crippen molar-refractivity contribution in [2.45, 2.75) is 59.2 Å². The molecule has 0 aliphatic rings. The molecule has 0 unspecified atom stereocenters. The highest BCUT2D eigenvalue weighted by molar-refractivity contribution is 9.10. The summed E-state index contributed by atoms with van der Waals surface area (Å²) in [6.45, 7) is 8.65. The molecule has 2 aromatic carbocycles. The van der Waals surface area contributed by atoms with E-state index in [0.29, 0.717) is 17.7 Å². The summed E-state index contributed by atoms with van der Waals surface area (Å²) >= 11 is 3.40. The number of hydrogen-bond donors (Lipinski definition) is 1. The summed E-state index contributed by atoms with van der Waals surface area (Å²) in [6.07, 6.45) is 1.34. The first-order valence-electron chi connectivity index (χ1n) is 11.2. The van der Waals surface area contributed by atoms with Crippen LogP contribution in [0.2, 0.25) is 0 Å². The Bertz CT molecular complexity index is 1160. The topological polar surface area (TPSA) is 86.8 Å². The summed E-state index contributed by atoms with van der Waals surface area (Å²) in [5, 5.41) is 2.90. The number of hydrogen-bond acceptors (Lipinski definition) is 4. The Kier molecular flexibility index (Phi) is 9.47. The molecule has 0 aliphatic carbocycles. The number of amides is 2. The standard InChI is InChI=1S/C25H33BrFN3O4S/c1-7-22(24(32)28-25(3,4)5)29(15-18-8-10-19(27)11-9-18)23(31)16-30(35(6,33)34)20-12-13-21(26)17(2)14-20/h8-14,22H,7,15-16H2,1-6H3,(H,28,32)/t22-/m1/s1. The van der Waals surface area contributed by atoms with Crippen molar-refractivity contribution in [3.05, 3.63) is 63.9 Å². The number of halogens is 2. The lowest BCUT2D eigenvalue weighted by Crippen LogP contribution is -2.55. The summed E-state index contributed by atoms with van der Waals surface area (Å²) in [5.74, 6) is -1.31. The molecule has 0 spiro atoms. The van der Waals surface area contributed by atoms with Crippen LogP contribution in [-0.2, 0) is 26.2 Å². The minimum absolute atomic E-state index is 0.0200. The summed E-state index contributed by atoms with van der Waals surface area (Å²) in [4.78, 5) is 28.1. The van der Waals surface area contributed by atoms with Gasteiger partial charge in [0.25, 0.3) is 0 Å². The number of rotatable bonds is 9. The van der Waals surface area contributed by atoms with Crippen molar-refractivity contribution in [1.82, 2.24) is 10.2 Å². The van der Waals surface area contributed by atoms with Crippen LogP contribution in [0.4, 0.5) is 10.1 Å². The first kappa shape index (κ1) is 28.8. The lowest BCUT2D eigenvalue weighted by molar-refractivity contribution is -0.141. The van der Waals surface area contributed by atoms with Crippen molar-refractivity contribution in [2.24, 2.45) is 0 Å². The Balaban J connectivity index is 2.47. The molecule has 2 rings (SSSR count). The van der Waals surface area contributed by atoms with E-state index in [1.165, 1.54) is 29.2 Å². The van der Waals surface area contributed by atoms with Gasteiger partial charge in [-0.25, -0.2) is 12.8 Å². The molecule has 35 heavy (non-hydrogen) atoms. The summed E-state index contributed by atoms with van der Waals surface area (Å²) in [7, 11) is -3.82. The third kappa shape index (κ3) is 8.31. The van der Waals surface area contributed by atoms with Crippen molar-refractivity contribution >= 4 is 43.5 Å². The maximum absolute atomic E-state index is 13.6. The van der Waals surface area contributed by atoms with Crippen LogP contribution in [0.3, 0.4) is 0 Å². The van der Waals surface area contributed by atoms with Crippen LogP contribution in [0.5, 0.6) is 0 Å². The Labute approximate surface area is 215 Å². The Hall–Kier alpha value is -2.46. The van der Waals surface area contributed by atoms with Gasteiger partial charge in [0.15, 0.2) is 0 Å². The zero-order valence-corrected chi connectivity index (χ0v) is 23.3. The van der Waals surface area contributed by atoms with Gasteiger partial charge in [-0.15, -0.1) is 0 Å². The molecule has 2 amide bonds. The average Bonchev–Trinajstić information content (AvgIpc) is 2.73. The van der Waals surface area contributed by atoms with Gasteiger partial charge >= 0.3 is 0 Å². The van der Waals surface area contributed by atoms with E-state index in [0.717, 1.165) is 20.6 Å². The van der Waals surface area contributed by atoms with E-state index in [2.05, 4.69) is 21.2 Å². The zero-order chi connectivity index (χ0) is 26.6. The van der Waals surface area contributed by atoms with Gasteiger partial charge in [-0.2, -0.15) is 0 Å². The van der Waals surface area contributed by atoms with Gasteiger partial charge in [-0.1, -0.05) is 35.0 Å². The highest BCUT2D eigenvalue weighted by atomic mass is 79.9. The lowest BCUT2D eigenvalue weighted by Gasteiger charge is -2.34. The Morgan fingerprint density at radius 2 is 1.71 bits per heavy atom. The molecule has 0 fully saturated rings. The van der Waals surface area contributed by atoms with Crippen molar-refractivity contribution in [3.63, 3.8) is 0 Å². The maximum atomic E-state index is 13.6. The quantitative estimate of drug-likeness (QED) is 0.485. The SMILES string of the molecule is CC[C@H](C(=O)NC(C)(C)C)N(Cc1ccc(F)cc1)C(=O)CN(c1ccc(Br)c(C)c1)S(C)(=O)=O. The Morgan fingerprint density at radius 3 is 2.20 bits per heavy atom. The van der Waals surface area contributed by atoms with Crippen LogP contribution in [0, 0.1) is 12.7 Å². The van der Waals surface area contributed by atoms with Gasteiger partial charge in [0, 0.05) is 16.6 Å². The second-order valence-corrected chi connectivity index (χ2v) is 12.3. The molecule has 0 heterocycles. The van der Waals surface area contributed by atoms with Crippen LogP contribution in [0.25, 0.3) is 0 Å². The summed E-state index contributed by atoms with van der Waals surface area (Å²) in [5.41, 5.74) is 1.24. The molecule has 0 radical (unpaired) electrons. The molecule has 0 aliphatic heterocycles. The molecule has 192 valence electrons. The number of nitrogens with zero attached hydrogens (tertiary/aromatic N) is 2. The molecule has 7 nitrogen and oxygen atoms in total. The molecule has 0 saturated heterocycles. The number of nitrogens with one attached hydrogen (secondary N) is 1. The third-order valence-electron chi connectivity index (χ3n) is 5.26. The van der Waals surface area contributed by atoms with Gasteiger partial charge in [-0.3, -0.25) is 13.9 Å². The second-order valence-electron chi connectivity index (χ2n) is 9.51. The van der Waals surface area contributed by atoms with Crippen LogP contribution in [0.15, 0.2) is 46.9 Å². The minimum atomic E-state index is -3.82. The molecule has 2 aromatic rings. The van der Waals surface area contributed by atoms with Gasteiger partial charge in [0.05, 0.1) is 11.9 Å². The summed E-state index contributed by atoms with van der Waals surface area (Å²) < 4.78 is 40.6. The van der Waals surface area contributed by atoms with E-state index in [9.17, 15) is 22.4 Å². The van der Waals surface area contributed by atoms with Crippen molar-refractivity contribution in [2.75, 3.05) is 17.1 Å². The number of carbonyl (C=O) groups excluding carboxylic acids is 2. The fourth-order valence-electron chi connectivity index (χ4n) is 3.56. The average molecular weight is 571 g/mol. The minimum Gasteiger partial charge on any atom is -0.350 e. The number of benzene rings is 2. The smallest absolute Gasteiger partial charge is 0.244 e. The molecule has 1 atom stereocenters. The highest BCUT2D eigenvalue weighted by Crippen LogP contribution is 2.25. The zero-order valence-electron chi connectivity index (χ0n) is 20.9. The second kappa shape index (κ2) is 11.5. The molecular weight excluding hydrogens is 537 g/mol. The molecule has 10 heteroatoms. The van der Waals surface area contributed by atoms with Gasteiger partial charge in [0.2, 0.25) is 21.8 Å². The fourth-order valence-corrected chi connectivity index (χ4v) is 4.64. The molecule has 0 saturated carbocycles. The summed E-state index contributed by atoms with van der Waals surface area (Å²) in [6, 6.07) is 9.79. The monoisotopic (exact) mass is 569 g/mol. The van der Waals surface area contributed by atoms with Crippen molar-refractivity contribution < 1.29 is 22.4 Å². The number of carbonyl (C=O) groups is 2. The van der Waals surface area contributed by atoms with E-state index in [-0.39, 0.29) is 12.5 Å². The van der Waals surface area contributed by atoms with Crippen molar-refractivity contribution in [1.29, 1.82) is 0 Å². The van der Waals surface area contributed by atoms with Gasteiger partial charge < -0.3 is 10.2 Å². The van der Waals surface area contributed by atoms with Crippen LogP contribution >= 0.6 is 15.9 Å². The predicted octanol–water partition coefficient (Wildman–Crippen LogP) is 4.38. The first-order chi connectivity index (χ1) is 16.1. The fraction of sp³-hybridized carbons (Fsp3) is 0.440. The van der Waals surface area contributed by atoms with Crippen LogP contribution in [-0.4, -0.2) is 49.5 Å². The highest BCUT2D eigenvalue weighted by Gasteiger charge is 2.33. The third-order valence-corrected chi connectivity index (χ3v) is 7.29. The molecule has 0 aromatic heterocycles. The van der Waals surface area contributed by atoms with Gasteiger partial charge in [0.1, 0.15) is 18.4 Å². The molecular formula is C25H33BrFN3O4S. The largest absolute Gasteiger partial charge is 0.350 e. The number of aryl methyl sites for hydroxylation is 1. The van der Waals surface area contributed by atoms with Crippen molar-refractivity contribution in [3.8, 4) is 0 Å². The molecule has 0 bridgehead atoms. The van der Waals surface area contributed by atoms with E-state index in [4.69, 9.17) is 0 Å². The number of anilines is 1. The lowest BCUT2D eigenvalue weighted by atomic mass is 10.1. The predicted molar refractivity (Wildman–Crippen MR) is 140 cm³/mol. The number of sulfonamides is 1. The first-order valence-corrected chi connectivity index (χ1v) is 13.9. The van der Waals surface area contributed by atoms with E-state index >= 15 is 0 Å².